The first-order valence-electron chi connectivity index (χ1n) is 10.7. The highest BCUT2D eigenvalue weighted by Gasteiger charge is 2.29. The van der Waals surface area contributed by atoms with Crippen LogP contribution in [0.5, 0.6) is 0 Å². The van der Waals surface area contributed by atoms with Crippen molar-refractivity contribution >= 4 is 38.9 Å². The summed E-state index contributed by atoms with van der Waals surface area (Å²) in [6.07, 6.45) is 1.54. The number of anilines is 1. The summed E-state index contributed by atoms with van der Waals surface area (Å²) in [5.41, 5.74) is 2.30. The Kier molecular flexibility index (Phi) is 6.92. The molecule has 4 rings (SSSR count). The highest BCUT2D eigenvalue weighted by molar-refractivity contribution is 7.89. The van der Waals surface area contributed by atoms with Gasteiger partial charge in [0.15, 0.2) is 0 Å². The van der Waals surface area contributed by atoms with Crippen LogP contribution in [0.4, 0.5) is 5.69 Å². The number of thiophene rings is 1. The van der Waals surface area contributed by atoms with Gasteiger partial charge in [-0.05, 0) is 72.3 Å². The molecule has 0 saturated carbocycles. The molecule has 0 aliphatic carbocycles. The van der Waals surface area contributed by atoms with Gasteiger partial charge in [0.1, 0.15) is 0 Å². The van der Waals surface area contributed by atoms with E-state index in [1.54, 1.807) is 47.7 Å². The van der Waals surface area contributed by atoms with Gasteiger partial charge in [-0.25, -0.2) is 8.42 Å². The Morgan fingerprint density at radius 2 is 1.82 bits per heavy atom. The number of amides is 2. The summed E-state index contributed by atoms with van der Waals surface area (Å²) in [4.78, 5) is 26.1. The van der Waals surface area contributed by atoms with Crippen LogP contribution in [0.3, 0.4) is 0 Å². The Bertz CT molecular complexity index is 1270. The zero-order chi connectivity index (χ0) is 23.4. The molecule has 1 aliphatic heterocycles. The third-order valence-corrected chi connectivity index (χ3v) is 8.31. The maximum absolute atomic E-state index is 13.2. The van der Waals surface area contributed by atoms with Gasteiger partial charge in [0.25, 0.3) is 11.8 Å². The molecule has 0 spiro atoms. The summed E-state index contributed by atoms with van der Waals surface area (Å²) < 4.78 is 27.8. The molecule has 1 aliphatic rings. The van der Waals surface area contributed by atoms with Crippen LogP contribution < -0.4 is 10.6 Å². The average Bonchev–Trinajstić information content (AvgIpc) is 3.31. The molecule has 0 fully saturated rings. The number of hydrogen-bond acceptors (Lipinski definition) is 5. The first-order chi connectivity index (χ1) is 15.9. The number of rotatable bonds is 7. The monoisotopic (exact) mass is 483 g/mol. The van der Waals surface area contributed by atoms with Crippen molar-refractivity contribution in [2.45, 2.75) is 31.2 Å². The average molecular weight is 484 g/mol. The van der Waals surface area contributed by atoms with Crippen LogP contribution in [0.1, 0.15) is 44.5 Å². The van der Waals surface area contributed by atoms with Crippen molar-refractivity contribution in [1.29, 1.82) is 0 Å². The largest absolute Gasteiger partial charge is 0.352 e. The van der Waals surface area contributed by atoms with Crippen molar-refractivity contribution in [2.24, 2.45) is 0 Å². The molecular weight excluding hydrogens is 458 g/mol. The summed E-state index contributed by atoms with van der Waals surface area (Å²) in [5.74, 6) is -0.589. The minimum atomic E-state index is -3.72. The molecule has 3 aromatic rings. The lowest BCUT2D eigenvalue weighted by Gasteiger charge is -2.26. The molecule has 0 radical (unpaired) electrons. The zero-order valence-corrected chi connectivity index (χ0v) is 19.8. The molecule has 2 N–H and O–H groups in total. The van der Waals surface area contributed by atoms with Gasteiger partial charge in [0.2, 0.25) is 10.0 Å². The molecule has 0 atom stereocenters. The molecule has 2 heterocycles. The fraction of sp³-hybridized carbons (Fsp3) is 0.250. The number of carbonyl (C=O) groups is 2. The van der Waals surface area contributed by atoms with E-state index in [4.69, 9.17) is 0 Å². The van der Waals surface area contributed by atoms with Gasteiger partial charge in [0.05, 0.1) is 4.90 Å². The van der Waals surface area contributed by atoms with Crippen molar-refractivity contribution in [3.8, 4) is 0 Å². The zero-order valence-electron chi connectivity index (χ0n) is 18.2. The van der Waals surface area contributed by atoms with Gasteiger partial charge in [-0.1, -0.05) is 13.0 Å². The molecular formula is C24H25N3O4S2. The van der Waals surface area contributed by atoms with Crippen molar-refractivity contribution in [3.05, 3.63) is 81.5 Å². The molecule has 2 aromatic carbocycles. The second-order valence-corrected chi connectivity index (χ2v) is 10.7. The molecule has 9 heteroatoms. The minimum Gasteiger partial charge on any atom is -0.352 e. The van der Waals surface area contributed by atoms with E-state index < -0.39 is 15.9 Å². The summed E-state index contributed by atoms with van der Waals surface area (Å²) in [5, 5.41) is 7.54. The molecule has 0 bridgehead atoms. The molecule has 1 aromatic heterocycles. The van der Waals surface area contributed by atoms with Crippen LogP contribution in [-0.2, 0) is 23.0 Å². The third-order valence-electron chi connectivity index (χ3n) is 5.45. The van der Waals surface area contributed by atoms with E-state index in [0.29, 0.717) is 37.3 Å². The summed E-state index contributed by atoms with van der Waals surface area (Å²) >= 11 is 1.65. The van der Waals surface area contributed by atoms with Crippen molar-refractivity contribution in [1.82, 2.24) is 9.62 Å². The summed E-state index contributed by atoms with van der Waals surface area (Å²) in [6.45, 7) is 3.34. The lowest BCUT2D eigenvalue weighted by molar-refractivity contribution is 0.0953. The van der Waals surface area contributed by atoms with Crippen LogP contribution in [0.15, 0.2) is 64.9 Å². The Labute approximate surface area is 197 Å². The van der Waals surface area contributed by atoms with Crippen molar-refractivity contribution < 1.29 is 18.0 Å². The van der Waals surface area contributed by atoms with Crippen LogP contribution in [-0.4, -0.2) is 37.6 Å². The third kappa shape index (κ3) is 5.16. The van der Waals surface area contributed by atoms with E-state index in [0.717, 1.165) is 12.0 Å². The topological polar surface area (TPSA) is 95.6 Å². The van der Waals surface area contributed by atoms with Crippen LogP contribution in [0, 0.1) is 0 Å². The van der Waals surface area contributed by atoms with Gasteiger partial charge in [-0.15, -0.1) is 11.3 Å². The number of benzene rings is 2. The number of hydrogen-bond donors (Lipinski definition) is 2. The molecule has 7 nitrogen and oxygen atoms in total. The highest BCUT2D eigenvalue weighted by Crippen LogP contribution is 2.28. The lowest BCUT2D eigenvalue weighted by atomic mass is 10.1. The van der Waals surface area contributed by atoms with E-state index in [2.05, 4.69) is 10.6 Å². The van der Waals surface area contributed by atoms with Gasteiger partial charge >= 0.3 is 0 Å². The van der Waals surface area contributed by atoms with Crippen molar-refractivity contribution in [3.63, 3.8) is 0 Å². The number of sulfonamides is 1. The fourth-order valence-electron chi connectivity index (χ4n) is 3.62. The number of fused-ring (bicyclic) bond motifs is 1. The standard InChI is InChI=1S/C24H25N3O4S2/c1-2-12-25-23(28)17-6-8-20(9-7-17)26-24(29)18-4-3-5-21(15-18)33(30,31)27-13-10-22-19(16-27)11-14-32-22/h3-9,11,14-15H,2,10,12-13,16H2,1H3,(H,25,28)(H,26,29). The quantitative estimate of drug-likeness (QED) is 0.533. The molecule has 33 heavy (non-hydrogen) atoms. The van der Waals surface area contributed by atoms with E-state index in [-0.39, 0.29) is 16.4 Å². The predicted molar refractivity (Wildman–Crippen MR) is 129 cm³/mol. The summed E-state index contributed by atoms with van der Waals surface area (Å²) in [7, 11) is -3.72. The second kappa shape index (κ2) is 9.86. The van der Waals surface area contributed by atoms with Crippen molar-refractivity contribution in [2.75, 3.05) is 18.4 Å². The molecule has 0 saturated heterocycles. The molecule has 172 valence electrons. The first kappa shape index (κ1) is 23.2. The predicted octanol–water partition coefficient (Wildman–Crippen LogP) is 3.89. The SMILES string of the molecule is CCCNC(=O)c1ccc(NC(=O)c2cccc(S(=O)(=O)N3CCc4sccc4C3)c2)cc1. The maximum Gasteiger partial charge on any atom is 0.255 e. The van der Waals surface area contributed by atoms with Gasteiger partial charge in [-0.2, -0.15) is 4.31 Å². The maximum atomic E-state index is 13.2. The molecule has 0 unspecified atom stereocenters. The van der Waals surface area contributed by atoms with Gasteiger partial charge < -0.3 is 10.6 Å². The molecule has 2 amide bonds. The Hall–Kier alpha value is -3.01. The second-order valence-electron chi connectivity index (χ2n) is 7.77. The smallest absolute Gasteiger partial charge is 0.255 e. The first-order valence-corrected chi connectivity index (χ1v) is 13.1. The van der Waals surface area contributed by atoms with Crippen LogP contribution in [0.25, 0.3) is 0 Å². The fourth-order valence-corrected chi connectivity index (χ4v) is 5.98. The Morgan fingerprint density at radius 3 is 2.58 bits per heavy atom. The minimum absolute atomic E-state index is 0.0942. The Morgan fingerprint density at radius 1 is 1.03 bits per heavy atom. The highest BCUT2D eigenvalue weighted by atomic mass is 32.2. The van der Waals surface area contributed by atoms with Crippen LogP contribution >= 0.6 is 11.3 Å². The van der Waals surface area contributed by atoms with Gasteiger partial charge in [-0.3, -0.25) is 9.59 Å². The normalized spacial score (nSPS) is 13.8. The van der Waals surface area contributed by atoms with E-state index >= 15 is 0 Å². The Balaban J connectivity index is 1.46. The van der Waals surface area contributed by atoms with E-state index in [1.807, 2.05) is 18.4 Å². The van der Waals surface area contributed by atoms with E-state index in [9.17, 15) is 18.0 Å². The lowest BCUT2D eigenvalue weighted by Crippen LogP contribution is -2.35. The summed E-state index contributed by atoms with van der Waals surface area (Å²) in [6, 6.07) is 14.6. The van der Waals surface area contributed by atoms with E-state index in [1.165, 1.54) is 21.3 Å². The number of carbonyl (C=O) groups excluding carboxylic acids is 2. The number of nitrogens with zero attached hydrogens (tertiary/aromatic N) is 1. The van der Waals surface area contributed by atoms with Gasteiger partial charge in [0, 0.05) is 41.3 Å². The number of nitrogens with one attached hydrogen (secondary N) is 2. The van der Waals surface area contributed by atoms with Crippen LogP contribution in [0.2, 0.25) is 0 Å².